The highest BCUT2D eigenvalue weighted by atomic mass is 79.9. The zero-order valence-corrected chi connectivity index (χ0v) is 8.36. The monoisotopic (exact) mass is 284 g/mol. The number of halogens is 5. The number of pyridine rings is 1. The average Bonchev–Trinajstić information content (AvgIpc) is 2.10. The minimum atomic E-state index is -5.07. The van der Waals surface area contributed by atoms with Crippen LogP contribution in [-0.4, -0.2) is 11.3 Å². The van der Waals surface area contributed by atoms with E-state index < -0.39 is 23.6 Å². The fourth-order valence-electron chi connectivity index (χ4n) is 0.761. The molecule has 0 aliphatic rings. The fourth-order valence-corrected chi connectivity index (χ4v) is 1.13. The Morgan fingerprint density at radius 1 is 1.47 bits per heavy atom. The van der Waals surface area contributed by atoms with E-state index in [2.05, 4.69) is 25.7 Å². The van der Waals surface area contributed by atoms with Crippen molar-refractivity contribution in [3.63, 3.8) is 0 Å². The first kappa shape index (κ1) is 11.7. The van der Waals surface area contributed by atoms with Crippen LogP contribution in [0.5, 0.6) is 5.75 Å². The maximum Gasteiger partial charge on any atom is 0.573 e. The molecule has 0 aliphatic carbocycles. The van der Waals surface area contributed by atoms with Crippen LogP contribution < -0.4 is 4.74 Å². The maximum atomic E-state index is 12.8. The molecule has 1 aromatic heterocycles. The summed E-state index contributed by atoms with van der Waals surface area (Å²) in [5, 5.41) is 8.50. The Bertz CT molecular complexity index is 426. The Balaban J connectivity index is 3.28. The van der Waals surface area contributed by atoms with E-state index in [0.29, 0.717) is 0 Å². The van der Waals surface area contributed by atoms with Gasteiger partial charge in [0.2, 0.25) is 5.75 Å². The van der Waals surface area contributed by atoms with Crippen LogP contribution in [0, 0.1) is 17.3 Å². The average molecular weight is 285 g/mol. The summed E-state index contributed by atoms with van der Waals surface area (Å²) in [5.41, 5.74) is -0.597. The summed E-state index contributed by atoms with van der Waals surface area (Å²) < 4.78 is 51.6. The molecule has 3 nitrogen and oxygen atoms in total. The van der Waals surface area contributed by atoms with Crippen molar-refractivity contribution < 1.29 is 22.3 Å². The van der Waals surface area contributed by atoms with E-state index in [1.165, 1.54) is 6.07 Å². The van der Waals surface area contributed by atoms with Gasteiger partial charge in [0.25, 0.3) is 5.95 Å². The van der Waals surface area contributed by atoms with Crippen molar-refractivity contribution in [2.24, 2.45) is 0 Å². The van der Waals surface area contributed by atoms with Gasteiger partial charge in [0.1, 0.15) is 11.6 Å². The first-order chi connectivity index (χ1) is 6.85. The molecule has 0 N–H and O–H groups in total. The minimum Gasteiger partial charge on any atom is -0.399 e. The van der Waals surface area contributed by atoms with Crippen LogP contribution in [0.1, 0.15) is 5.56 Å². The van der Waals surface area contributed by atoms with Crippen molar-refractivity contribution in [2.45, 2.75) is 6.36 Å². The third-order valence-electron chi connectivity index (χ3n) is 1.27. The molecule has 0 radical (unpaired) electrons. The molecule has 0 amide bonds. The summed E-state index contributed by atoms with van der Waals surface area (Å²) >= 11 is 2.75. The zero-order chi connectivity index (χ0) is 11.6. The second-order valence-electron chi connectivity index (χ2n) is 2.26. The molecule has 0 aliphatic heterocycles. The van der Waals surface area contributed by atoms with Crippen LogP contribution in [0.25, 0.3) is 0 Å². The molecule has 0 saturated heterocycles. The van der Waals surface area contributed by atoms with Gasteiger partial charge in [0.15, 0.2) is 0 Å². The van der Waals surface area contributed by atoms with E-state index in [4.69, 9.17) is 5.26 Å². The quantitative estimate of drug-likeness (QED) is 0.588. The molecule has 15 heavy (non-hydrogen) atoms. The first-order valence-corrected chi connectivity index (χ1v) is 4.14. The topological polar surface area (TPSA) is 45.9 Å². The smallest absolute Gasteiger partial charge is 0.399 e. The van der Waals surface area contributed by atoms with Crippen LogP contribution >= 0.6 is 15.9 Å². The molecule has 80 valence electrons. The number of ether oxygens (including phenoxy) is 1. The lowest BCUT2D eigenvalue weighted by atomic mass is 10.3. The lowest BCUT2D eigenvalue weighted by molar-refractivity contribution is -0.275. The van der Waals surface area contributed by atoms with Gasteiger partial charge >= 0.3 is 6.36 Å². The highest BCUT2D eigenvalue weighted by Gasteiger charge is 2.34. The van der Waals surface area contributed by atoms with Gasteiger partial charge in [0, 0.05) is 6.20 Å². The lowest BCUT2D eigenvalue weighted by Crippen LogP contribution is -2.19. The van der Waals surface area contributed by atoms with Gasteiger partial charge in [-0.25, -0.2) is 4.98 Å². The standard InChI is InChI=1S/C7HBrF4N2O/c8-4-2-14-6(9)5(3(4)1-13)15-7(10,11)12/h2H. The second kappa shape index (κ2) is 4.02. The Morgan fingerprint density at radius 2 is 2.07 bits per heavy atom. The number of hydrogen-bond acceptors (Lipinski definition) is 3. The van der Waals surface area contributed by atoms with E-state index in [1.807, 2.05) is 0 Å². The molecule has 1 heterocycles. The fraction of sp³-hybridized carbons (Fsp3) is 0.143. The number of aromatic nitrogens is 1. The normalized spacial score (nSPS) is 10.9. The predicted molar refractivity (Wildman–Crippen MR) is 43.3 cm³/mol. The van der Waals surface area contributed by atoms with Crippen molar-refractivity contribution in [2.75, 3.05) is 0 Å². The van der Waals surface area contributed by atoms with Gasteiger partial charge in [-0.15, -0.1) is 13.2 Å². The highest BCUT2D eigenvalue weighted by Crippen LogP contribution is 2.31. The van der Waals surface area contributed by atoms with Crippen molar-refractivity contribution in [1.82, 2.24) is 4.98 Å². The first-order valence-electron chi connectivity index (χ1n) is 3.35. The third-order valence-corrected chi connectivity index (χ3v) is 1.88. The van der Waals surface area contributed by atoms with E-state index in [9.17, 15) is 17.6 Å². The summed E-state index contributed by atoms with van der Waals surface area (Å²) in [4.78, 5) is 2.98. The highest BCUT2D eigenvalue weighted by molar-refractivity contribution is 9.10. The molecule has 0 atom stereocenters. The Morgan fingerprint density at radius 3 is 2.53 bits per heavy atom. The minimum absolute atomic E-state index is 0.0781. The molecule has 0 aromatic carbocycles. The van der Waals surface area contributed by atoms with Crippen LogP contribution in [-0.2, 0) is 0 Å². The molecule has 0 saturated carbocycles. The summed E-state index contributed by atoms with van der Waals surface area (Å²) in [6.45, 7) is 0. The van der Waals surface area contributed by atoms with Crippen molar-refractivity contribution in [3.05, 3.63) is 22.2 Å². The van der Waals surface area contributed by atoms with E-state index in [-0.39, 0.29) is 4.47 Å². The molecular formula is C7HBrF4N2O. The number of alkyl halides is 3. The summed E-state index contributed by atoms with van der Waals surface area (Å²) in [6.07, 6.45) is -4.20. The van der Waals surface area contributed by atoms with Gasteiger partial charge in [-0.3, -0.25) is 0 Å². The molecule has 0 fully saturated rings. The Hall–Kier alpha value is -1.36. The van der Waals surface area contributed by atoms with Crippen LogP contribution in [0.2, 0.25) is 0 Å². The van der Waals surface area contributed by atoms with Gasteiger partial charge in [-0.05, 0) is 15.9 Å². The van der Waals surface area contributed by atoms with Crippen LogP contribution in [0.15, 0.2) is 10.7 Å². The van der Waals surface area contributed by atoms with Crippen LogP contribution in [0.4, 0.5) is 17.6 Å². The summed E-state index contributed by atoms with van der Waals surface area (Å²) in [5.74, 6) is -2.73. The van der Waals surface area contributed by atoms with Crippen molar-refractivity contribution in [1.29, 1.82) is 5.26 Å². The summed E-state index contributed by atoms with van der Waals surface area (Å²) in [7, 11) is 0. The van der Waals surface area contributed by atoms with Crippen LogP contribution in [0.3, 0.4) is 0 Å². The molecule has 8 heteroatoms. The van der Waals surface area contributed by atoms with E-state index in [0.717, 1.165) is 6.20 Å². The van der Waals surface area contributed by atoms with Crippen molar-refractivity contribution >= 4 is 15.9 Å². The van der Waals surface area contributed by atoms with Crippen molar-refractivity contribution in [3.8, 4) is 11.8 Å². The van der Waals surface area contributed by atoms with E-state index in [1.54, 1.807) is 0 Å². The number of hydrogen-bond donors (Lipinski definition) is 0. The largest absolute Gasteiger partial charge is 0.573 e. The Labute approximate surface area is 89.4 Å². The lowest BCUT2D eigenvalue weighted by Gasteiger charge is -2.10. The van der Waals surface area contributed by atoms with E-state index >= 15 is 0 Å². The maximum absolute atomic E-state index is 12.8. The molecule has 0 unspecified atom stereocenters. The zero-order valence-electron chi connectivity index (χ0n) is 6.77. The van der Waals surface area contributed by atoms with Gasteiger partial charge in [0.05, 0.1) is 4.47 Å². The molecule has 0 bridgehead atoms. The van der Waals surface area contributed by atoms with Gasteiger partial charge in [-0.2, -0.15) is 9.65 Å². The Kier molecular flexibility index (Phi) is 3.14. The van der Waals surface area contributed by atoms with Gasteiger partial charge < -0.3 is 4.74 Å². The summed E-state index contributed by atoms with van der Waals surface area (Å²) in [6, 6.07) is 1.38. The molecule has 1 aromatic rings. The number of nitriles is 1. The molecular weight excluding hydrogens is 284 g/mol. The third kappa shape index (κ3) is 2.79. The predicted octanol–water partition coefficient (Wildman–Crippen LogP) is 2.75. The second-order valence-corrected chi connectivity index (χ2v) is 3.12. The number of nitrogens with zero attached hydrogens (tertiary/aromatic N) is 2. The van der Waals surface area contributed by atoms with Gasteiger partial charge in [-0.1, -0.05) is 0 Å². The molecule has 1 rings (SSSR count). The SMILES string of the molecule is N#Cc1c(Br)cnc(F)c1OC(F)(F)F. The number of rotatable bonds is 1. The molecule has 0 spiro atoms.